The normalized spacial score (nSPS) is 23.7. The summed E-state index contributed by atoms with van der Waals surface area (Å²) >= 11 is 0. The predicted octanol–water partition coefficient (Wildman–Crippen LogP) is 1.12. The van der Waals surface area contributed by atoms with Gasteiger partial charge in [-0.1, -0.05) is 36.4 Å². The largest absolute Gasteiger partial charge is 0.387 e. The van der Waals surface area contributed by atoms with Crippen LogP contribution in [0.2, 0.25) is 0 Å². The molecule has 1 unspecified atom stereocenters. The van der Waals surface area contributed by atoms with E-state index in [0.29, 0.717) is 35.8 Å². The molecule has 0 amide bonds. The van der Waals surface area contributed by atoms with Gasteiger partial charge >= 0.3 is 15.2 Å². The number of aliphatic hydroxyl groups is 2. The number of rotatable bonds is 11. The van der Waals surface area contributed by atoms with Crippen LogP contribution >= 0.6 is 15.2 Å². The van der Waals surface area contributed by atoms with Gasteiger partial charge in [-0.25, -0.2) is 15.0 Å². The molecule has 0 saturated carbocycles. The average Bonchev–Trinajstić information content (AvgIpc) is 3.36. The second-order valence-electron chi connectivity index (χ2n) is 8.43. The van der Waals surface area contributed by atoms with Crippen LogP contribution in [0.25, 0.3) is 11.2 Å². The highest BCUT2D eigenvalue weighted by molar-refractivity contribution is 7.70. The Balaban J connectivity index is 1.57. The van der Waals surface area contributed by atoms with Crippen LogP contribution in [0.3, 0.4) is 0 Å². The van der Waals surface area contributed by atoms with Gasteiger partial charge in [0.1, 0.15) is 24.1 Å². The number of hydrogen-bond donors (Lipinski definition) is 6. The minimum absolute atomic E-state index is 0.301. The summed E-state index contributed by atoms with van der Waals surface area (Å²) in [6.07, 6.45) is -2.17. The molecule has 3 aromatic rings. The maximum atomic E-state index is 12.0. The van der Waals surface area contributed by atoms with Gasteiger partial charge in [-0.15, -0.1) is 6.58 Å². The fourth-order valence-electron chi connectivity index (χ4n) is 3.83. The second kappa shape index (κ2) is 11.1. The fraction of sp³-hybridized carbons (Fsp3) is 0.381. The van der Waals surface area contributed by atoms with E-state index < -0.39 is 52.2 Å². The predicted molar refractivity (Wildman–Crippen MR) is 132 cm³/mol. The zero-order chi connectivity index (χ0) is 26.8. The van der Waals surface area contributed by atoms with E-state index in [4.69, 9.17) is 19.0 Å². The SMILES string of the molecule is C=CCc1nc(NCc2ccccc2)c2ncn([C@@H]3O[C@H](COP(=O)(O)CP(=O)(O)O)[C@@H](O)[C@H]3O)c2n1. The highest BCUT2D eigenvalue weighted by Gasteiger charge is 2.45. The molecule has 4 rings (SSSR count). The Morgan fingerprint density at radius 1 is 1.14 bits per heavy atom. The Kier molecular flexibility index (Phi) is 8.24. The summed E-state index contributed by atoms with van der Waals surface area (Å²) in [4.78, 5) is 40.9. The monoisotopic (exact) mass is 555 g/mol. The standard InChI is InChI=1S/C21H27N5O9P2/c1-2-6-15-24-19(22-9-13-7-4-3-5-8-13)16-20(25-15)26(11-23-16)21-18(28)17(27)14(35-21)10-34-37(32,33)12-36(29,30)31/h2-5,7-8,11,14,17-18,21,27-28H,1,6,9-10,12H2,(H,32,33)(H,22,24,25)(H2,29,30,31)/t14-,17-,18-,21-/m1/s1. The number of allylic oxidation sites excluding steroid dienone is 1. The molecule has 1 fully saturated rings. The molecular formula is C21H27N5O9P2. The molecule has 37 heavy (non-hydrogen) atoms. The maximum Gasteiger partial charge on any atom is 0.340 e. The van der Waals surface area contributed by atoms with E-state index in [2.05, 4.69) is 26.8 Å². The molecule has 0 radical (unpaired) electrons. The van der Waals surface area contributed by atoms with E-state index in [1.807, 2.05) is 30.3 Å². The van der Waals surface area contributed by atoms with E-state index in [9.17, 15) is 24.2 Å². The van der Waals surface area contributed by atoms with Crippen LogP contribution in [0.5, 0.6) is 0 Å². The van der Waals surface area contributed by atoms with Gasteiger partial charge in [0.05, 0.1) is 12.9 Å². The summed E-state index contributed by atoms with van der Waals surface area (Å²) in [5, 5.41) is 24.4. The third-order valence-electron chi connectivity index (χ3n) is 5.51. The molecule has 2 aromatic heterocycles. The third kappa shape index (κ3) is 6.68. The highest BCUT2D eigenvalue weighted by atomic mass is 31.2. The molecule has 0 aliphatic carbocycles. The molecular weight excluding hydrogens is 528 g/mol. The Bertz CT molecular complexity index is 1350. The maximum absolute atomic E-state index is 12.0. The smallest absolute Gasteiger partial charge is 0.340 e. The first kappa shape index (κ1) is 27.5. The van der Waals surface area contributed by atoms with Crippen molar-refractivity contribution < 1.29 is 43.3 Å². The summed E-state index contributed by atoms with van der Waals surface area (Å²) in [5.41, 5.74) is 1.70. The molecule has 200 valence electrons. The van der Waals surface area contributed by atoms with Gasteiger partial charge in [0, 0.05) is 13.0 Å². The molecule has 0 spiro atoms. The van der Waals surface area contributed by atoms with Crippen LogP contribution in [0.15, 0.2) is 49.3 Å². The van der Waals surface area contributed by atoms with E-state index in [-0.39, 0.29) is 0 Å². The topological polar surface area (TPSA) is 209 Å². The van der Waals surface area contributed by atoms with E-state index in [1.165, 1.54) is 10.9 Å². The van der Waals surface area contributed by atoms with Crippen molar-refractivity contribution in [2.75, 3.05) is 17.8 Å². The van der Waals surface area contributed by atoms with Gasteiger partial charge in [0.2, 0.25) is 0 Å². The Hall–Kier alpha value is -2.51. The number of nitrogens with one attached hydrogen (secondary N) is 1. The number of fused-ring (bicyclic) bond motifs is 1. The van der Waals surface area contributed by atoms with Crippen molar-refractivity contribution in [3.8, 4) is 0 Å². The first-order valence-electron chi connectivity index (χ1n) is 11.1. The number of anilines is 1. The summed E-state index contributed by atoms with van der Waals surface area (Å²) < 4.78 is 34.9. The number of hydrogen-bond acceptors (Lipinski definition) is 10. The lowest BCUT2D eigenvalue weighted by Gasteiger charge is -2.18. The molecule has 1 saturated heterocycles. The lowest BCUT2D eigenvalue weighted by Crippen LogP contribution is -2.33. The van der Waals surface area contributed by atoms with Gasteiger partial charge in [-0.05, 0) is 5.56 Å². The van der Waals surface area contributed by atoms with Crippen molar-refractivity contribution >= 4 is 32.2 Å². The summed E-state index contributed by atoms with van der Waals surface area (Å²) in [7, 11) is -9.51. The molecule has 3 heterocycles. The average molecular weight is 555 g/mol. The molecule has 1 aliphatic heterocycles. The van der Waals surface area contributed by atoms with Gasteiger partial charge in [-0.2, -0.15) is 0 Å². The third-order valence-corrected chi connectivity index (χ3v) is 8.97. The first-order chi connectivity index (χ1) is 17.5. The molecule has 5 atom stereocenters. The van der Waals surface area contributed by atoms with Crippen LogP contribution in [0.4, 0.5) is 5.82 Å². The van der Waals surface area contributed by atoms with Gasteiger partial charge in [-0.3, -0.25) is 13.7 Å². The molecule has 1 aliphatic rings. The number of nitrogens with zero attached hydrogens (tertiary/aromatic N) is 4. The summed E-state index contributed by atoms with van der Waals surface area (Å²) in [6, 6.07) is 9.64. The van der Waals surface area contributed by atoms with Crippen molar-refractivity contribution in [2.45, 2.75) is 37.5 Å². The number of imidazole rings is 1. The Labute approximate surface area is 211 Å². The molecule has 0 bridgehead atoms. The molecule has 16 heteroatoms. The lowest BCUT2D eigenvalue weighted by atomic mass is 10.1. The number of aromatic nitrogens is 4. The summed E-state index contributed by atoms with van der Waals surface area (Å²) in [5.74, 6) is -0.523. The van der Waals surface area contributed by atoms with E-state index in [0.717, 1.165) is 5.56 Å². The van der Waals surface area contributed by atoms with Crippen molar-refractivity contribution in [3.63, 3.8) is 0 Å². The van der Waals surface area contributed by atoms with Crippen LogP contribution < -0.4 is 5.32 Å². The van der Waals surface area contributed by atoms with Crippen molar-refractivity contribution in [1.82, 2.24) is 19.5 Å². The van der Waals surface area contributed by atoms with Gasteiger partial charge < -0.3 is 39.5 Å². The van der Waals surface area contributed by atoms with Crippen LogP contribution in [0, 0.1) is 0 Å². The number of benzene rings is 1. The minimum atomic E-state index is -4.83. The quantitative estimate of drug-likeness (QED) is 0.145. The van der Waals surface area contributed by atoms with Gasteiger partial charge in [0.25, 0.3) is 0 Å². The fourth-order valence-corrected chi connectivity index (χ4v) is 6.40. The van der Waals surface area contributed by atoms with E-state index >= 15 is 0 Å². The zero-order valence-electron chi connectivity index (χ0n) is 19.4. The van der Waals surface area contributed by atoms with Crippen molar-refractivity contribution in [1.29, 1.82) is 0 Å². The number of ether oxygens (including phenoxy) is 1. The van der Waals surface area contributed by atoms with Crippen LogP contribution in [0.1, 0.15) is 17.6 Å². The summed E-state index contributed by atoms with van der Waals surface area (Å²) in [6.45, 7) is 3.48. The van der Waals surface area contributed by atoms with Crippen LogP contribution in [-0.4, -0.2) is 75.2 Å². The Morgan fingerprint density at radius 3 is 2.54 bits per heavy atom. The highest BCUT2D eigenvalue weighted by Crippen LogP contribution is 2.55. The van der Waals surface area contributed by atoms with Crippen molar-refractivity contribution in [2.24, 2.45) is 0 Å². The zero-order valence-corrected chi connectivity index (χ0v) is 21.2. The van der Waals surface area contributed by atoms with Gasteiger partial charge in [0.15, 0.2) is 29.1 Å². The minimum Gasteiger partial charge on any atom is -0.387 e. The van der Waals surface area contributed by atoms with E-state index in [1.54, 1.807) is 6.08 Å². The molecule has 14 nitrogen and oxygen atoms in total. The van der Waals surface area contributed by atoms with Crippen LogP contribution in [-0.2, 0) is 31.4 Å². The molecule has 6 N–H and O–H groups in total. The second-order valence-corrected chi connectivity index (χ2v) is 12.4. The molecule has 1 aromatic carbocycles. The lowest BCUT2D eigenvalue weighted by molar-refractivity contribution is -0.0483. The first-order valence-corrected chi connectivity index (χ1v) is 14.7. The number of aliphatic hydroxyl groups excluding tert-OH is 2. The Morgan fingerprint density at radius 2 is 1.86 bits per heavy atom. The van der Waals surface area contributed by atoms with Crippen molar-refractivity contribution in [3.05, 3.63) is 60.7 Å².